The largest absolute Gasteiger partial charge is 0.482 e. The minimum atomic E-state index is -0.476. The van der Waals surface area contributed by atoms with E-state index in [1.54, 1.807) is 13.8 Å². The molecule has 1 aromatic rings. The molecule has 0 amide bonds. The van der Waals surface area contributed by atoms with E-state index >= 15 is 0 Å². The zero-order valence-electron chi connectivity index (χ0n) is 7.43. The number of Topliss-reactive ketones (excluding diaryl/α,β-unsaturated/α-hetero) is 1. The van der Waals surface area contributed by atoms with Gasteiger partial charge in [-0.25, -0.2) is 4.39 Å². The van der Waals surface area contributed by atoms with Crippen LogP contribution in [0.25, 0.3) is 0 Å². The van der Waals surface area contributed by atoms with Gasteiger partial charge in [-0.15, -0.1) is 0 Å². The summed E-state index contributed by atoms with van der Waals surface area (Å²) in [6.07, 6.45) is -0.476. The third-order valence-corrected chi connectivity index (χ3v) is 2.17. The number of carbonyl (C=O) groups excluding carboxylic acids is 1. The molecule has 0 saturated heterocycles. The topological polar surface area (TPSA) is 26.3 Å². The molecule has 1 unspecified atom stereocenters. The monoisotopic (exact) mass is 180 g/mol. The standard InChI is InChI=1S/C10H9FO2/c1-5-3-7(11)4-8-9(12)6(2)13-10(5)8/h3-4,6H,1-2H3. The number of rotatable bonds is 0. The maximum Gasteiger partial charge on any atom is 0.206 e. The molecule has 2 rings (SSSR count). The van der Waals surface area contributed by atoms with Gasteiger partial charge in [0.2, 0.25) is 5.78 Å². The molecule has 0 bridgehead atoms. The van der Waals surface area contributed by atoms with Gasteiger partial charge in [0, 0.05) is 0 Å². The lowest BCUT2D eigenvalue weighted by molar-refractivity contribution is 0.0878. The van der Waals surface area contributed by atoms with Crippen molar-refractivity contribution in [2.24, 2.45) is 0 Å². The molecule has 2 nitrogen and oxygen atoms in total. The molecular weight excluding hydrogens is 171 g/mol. The summed E-state index contributed by atoms with van der Waals surface area (Å²) in [6.45, 7) is 3.40. The summed E-state index contributed by atoms with van der Waals surface area (Å²) in [7, 11) is 0. The first-order valence-electron chi connectivity index (χ1n) is 4.10. The number of hydrogen-bond donors (Lipinski definition) is 0. The quantitative estimate of drug-likeness (QED) is 0.611. The van der Waals surface area contributed by atoms with E-state index in [4.69, 9.17) is 4.74 Å². The molecule has 0 aromatic heterocycles. The fourth-order valence-corrected chi connectivity index (χ4v) is 1.52. The first kappa shape index (κ1) is 8.23. The molecule has 13 heavy (non-hydrogen) atoms. The molecule has 0 spiro atoms. The highest BCUT2D eigenvalue weighted by molar-refractivity contribution is 6.04. The Bertz CT molecular complexity index is 385. The third-order valence-electron chi connectivity index (χ3n) is 2.17. The average molecular weight is 180 g/mol. The number of benzene rings is 1. The number of ketones is 1. The van der Waals surface area contributed by atoms with Crippen LogP contribution < -0.4 is 4.74 Å². The van der Waals surface area contributed by atoms with Crippen molar-refractivity contribution < 1.29 is 13.9 Å². The van der Waals surface area contributed by atoms with Gasteiger partial charge in [0.05, 0.1) is 5.56 Å². The molecule has 3 heteroatoms. The van der Waals surface area contributed by atoms with Gasteiger partial charge >= 0.3 is 0 Å². The van der Waals surface area contributed by atoms with Crippen LogP contribution in [-0.4, -0.2) is 11.9 Å². The van der Waals surface area contributed by atoms with E-state index in [9.17, 15) is 9.18 Å². The predicted molar refractivity (Wildman–Crippen MR) is 45.6 cm³/mol. The molecule has 68 valence electrons. The smallest absolute Gasteiger partial charge is 0.206 e. The van der Waals surface area contributed by atoms with Gasteiger partial charge in [-0.3, -0.25) is 4.79 Å². The maximum atomic E-state index is 12.9. The van der Waals surface area contributed by atoms with Crippen LogP contribution in [0.2, 0.25) is 0 Å². The Hall–Kier alpha value is -1.38. The van der Waals surface area contributed by atoms with E-state index in [0.717, 1.165) is 0 Å². The number of ether oxygens (including phenoxy) is 1. The van der Waals surface area contributed by atoms with Crippen LogP contribution in [0.4, 0.5) is 4.39 Å². The van der Waals surface area contributed by atoms with Crippen molar-refractivity contribution in [2.45, 2.75) is 20.0 Å². The summed E-state index contributed by atoms with van der Waals surface area (Å²) in [5.74, 6) is -0.00111. The van der Waals surface area contributed by atoms with Gasteiger partial charge in [0.25, 0.3) is 0 Å². The summed E-state index contributed by atoms with van der Waals surface area (Å²) in [6, 6.07) is 2.60. The Morgan fingerprint density at radius 2 is 2.15 bits per heavy atom. The number of fused-ring (bicyclic) bond motifs is 1. The highest BCUT2D eigenvalue weighted by atomic mass is 19.1. The third kappa shape index (κ3) is 1.11. The molecule has 0 N–H and O–H groups in total. The average Bonchev–Trinajstić information content (AvgIpc) is 2.32. The Labute approximate surface area is 75.3 Å². The maximum absolute atomic E-state index is 12.9. The van der Waals surface area contributed by atoms with Gasteiger partial charge in [-0.2, -0.15) is 0 Å². The second-order valence-electron chi connectivity index (χ2n) is 3.22. The molecule has 0 aliphatic carbocycles. The van der Waals surface area contributed by atoms with Crippen molar-refractivity contribution in [3.8, 4) is 5.75 Å². The molecule has 1 aliphatic heterocycles. The molecule has 0 saturated carbocycles. The van der Waals surface area contributed by atoms with Crippen LogP contribution in [0.3, 0.4) is 0 Å². The Morgan fingerprint density at radius 1 is 1.46 bits per heavy atom. The summed E-state index contributed by atoms with van der Waals surface area (Å²) < 4.78 is 18.2. The summed E-state index contributed by atoms with van der Waals surface area (Å²) in [4.78, 5) is 11.4. The fourth-order valence-electron chi connectivity index (χ4n) is 1.52. The predicted octanol–water partition coefficient (Wildman–Crippen LogP) is 2.10. The lowest BCUT2D eigenvalue weighted by Crippen LogP contribution is -2.14. The van der Waals surface area contributed by atoms with Crippen molar-refractivity contribution in [3.05, 3.63) is 29.1 Å². The lowest BCUT2D eigenvalue weighted by Gasteiger charge is -2.03. The zero-order chi connectivity index (χ0) is 9.59. The van der Waals surface area contributed by atoms with Gasteiger partial charge < -0.3 is 4.74 Å². The molecule has 1 aliphatic rings. The second kappa shape index (κ2) is 2.55. The van der Waals surface area contributed by atoms with Crippen molar-refractivity contribution in [2.75, 3.05) is 0 Å². The van der Waals surface area contributed by atoms with E-state index < -0.39 is 6.10 Å². The van der Waals surface area contributed by atoms with Crippen LogP contribution >= 0.6 is 0 Å². The van der Waals surface area contributed by atoms with Crippen LogP contribution in [0.1, 0.15) is 22.8 Å². The number of halogens is 1. The highest BCUT2D eigenvalue weighted by Gasteiger charge is 2.30. The van der Waals surface area contributed by atoms with Crippen molar-refractivity contribution >= 4 is 5.78 Å². The summed E-state index contributed by atoms with van der Waals surface area (Å²) in [5, 5.41) is 0. The van der Waals surface area contributed by atoms with E-state index in [0.29, 0.717) is 16.9 Å². The molecule has 0 radical (unpaired) electrons. The van der Waals surface area contributed by atoms with E-state index in [-0.39, 0.29) is 11.6 Å². The van der Waals surface area contributed by atoms with E-state index in [2.05, 4.69) is 0 Å². The molecule has 1 aromatic carbocycles. The molecule has 1 atom stereocenters. The van der Waals surface area contributed by atoms with Gasteiger partial charge in [0.1, 0.15) is 11.6 Å². The minimum absolute atomic E-state index is 0.141. The van der Waals surface area contributed by atoms with Gasteiger partial charge in [-0.1, -0.05) is 0 Å². The van der Waals surface area contributed by atoms with E-state index in [1.807, 2.05) is 0 Å². The zero-order valence-corrected chi connectivity index (χ0v) is 7.43. The molecule has 1 heterocycles. The fraction of sp³-hybridized carbons (Fsp3) is 0.300. The van der Waals surface area contributed by atoms with Crippen molar-refractivity contribution in [3.63, 3.8) is 0 Å². The number of carbonyl (C=O) groups is 1. The van der Waals surface area contributed by atoms with Crippen LogP contribution in [0.15, 0.2) is 12.1 Å². The Kier molecular flexibility index (Phi) is 1.62. The SMILES string of the molecule is Cc1cc(F)cc2c1OC(C)C2=O. The number of hydrogen-bond acceptors (Lipinski definition) is 2. The minimum Gasteiger partial charge on any atom is -0.482 e. The van der Waals surface area contributed by atoms with Gasteiger partial charge in [0.15, 0.2) is 6.10 Å². The van der Waals surface area contributed by atoms with Gasteiger partial charge in [-0.05, 0) is 31.5 Å². The Morgan fingerprint density at radius 3 is 2.85 bits per heavy atom. The summed E-state index contributed by atoms with van der Waals surface area (Å²) in [5.41, 5.74) is 1.04. The van der Waals surface area contributed by atoms with Crippen molar-refractivity contribution in [1.82, 2.24) is 0 Å². The molecule has 0 fully saturated rings. The highest BCUT2D eigenvalue weighted by Crippen LogP contribution is 2.32. The first-order chi connectivity index (χ1) is 6.09. The first-order valence-corrected chi connectivity index (χ1v) is 4.10. The van der Waals surface area contributed by atoms with Crippen LogP contribution in [0.5, 0.6) is 5.75 Å². The Balaban J connectivity index is 2.64. The van der Waals surface area contributed by atoms with Crippen molar-refractivity contribution in [1.29, 1.82) is 0 Å². The second-order valence-corrected chi connectivity index (χ2v) is 3.22. The lowest BCUT2D eigenvalue weighted by atomic mass is 10.1. The number of aryl methyl sites for hydroxylation is 1. The summed E-state index contributed by atoms with van der Waals surface area (Å²) >= 11 is 0. The van der Waals surface area contributed by atoms with Crippen LogP contribution in [0, 0.1) is 12.7 Å². The molecular formula is C10H9FO2. The normalized spacial score (nSPS) is 19.9. The van der Waals surface area contributed by atoms with E-state index in [1.165, 1.54) is 12.1 Å². The van der Waals surface area contributed by atoms with Crippen LogP contribution in [-0.2, 0) is 0 Å².